The molecule has 0 aromatic heterocycles. The largest absolute Gasteiger partial charge is 0.462 e. The maximum Gasteiger partial charge on any atom is 0.306 e. The molecule has 0 aliphatic heterocycles. The van der Waals surface area contributed by atoms with Crippen LogP contribution in [0.3, 0.4) is 0 Å². The fraction of sp³-hybridized carbons (Fsp3) is 0.958. The lowest BCUT2D eigenvalue weighted by atomic mass is 10.0. The lowest BCUT2D eigenvalue weighted by Crippen LogP contribution is -2.30. The summed E-state index contributed by atoms with van der Waals surface area (Å²) in [5.74, 6) is -0.836. The normalized spacial score (nSPS) is 11.9. The Bertz CT molecular complexity index is 1170. The van der Waals surface area contributed by atoms with Gasteiger partial charge in [-0.1, -0.05) is 387 Å². The second-order valence-electron chi connectivity index (χ2n) is 24.9. The Morgan fingerprint density at radius 3 is 0.513 bits per heavy atom. The zero-order valence-corrected chi connectivity index (χ0v) is 53.5. The van der Waals surface area contributed by atoms with E-state index in [2.05, 4.69) is 20.8 Å². The molecule has 0 fully saturated rings. The Hall–Kier alpha value is -1.59. The van der Waals surface area contributed by atoms with E-state index in [0.29, 0.717) is 19.3 Å². The molecule has 0 aliphatic rings. The molecular weight excluding hydrogens is 961 g/mol. The van der Waals surface area contributed by atoms with Gasteiger partial charge in [0.15, 0.2) is 6.10 Å². The number of hydrogen-bond acceptors (Lipinski definition) is 6. The summed E-state index contributed by atoms with van der Waals surface area (Å²) in [6.07, 6.45) is 80.5. The van der Waals surface area contributed by atoms with E-state index >= 15 is 0 Å². The van der Waals surface area contributed by atoms with Gasteiger partial charge in [0.25, 0.3) is 0 Å². The molecule has 1 atom stereocenters. The Morgan fingerprint density at radius 1 is 0.205 bits per heavy atom. The second-order valence-corrected chi connectivity index (χ2v) is 24.9. The van der Waals surface area contributed by atoms with Crippen molar-refractivity contribution in [3.05, 3.63) is 0 Å². The zero-order valence-electron chi connectivity index (χ0n) is 53.5. The number of esters is 3. The molecule has 0 spiro atoms. The van der Waals surface area contributed by atoms with Crippen LogP contribution in [-0.2, 0) is 28.6 Å². The predicted octanol–water partition coefficient (Wildman–Crippen LogP) is 24.6. The van der Waals surface area contributed by atoms with E-state index in [0.717, 1.165) is 57.8 Å². The van der Waals surface area contributed by atoms with Crippen LogP contribution in [-0.4, -0.2) is 37.2 Å². The van der Waals surface area contributed by atoms with Crippen molar-refractivity contribution in [3.63, 3.8) is 0 Å². The van der Waals surface area contributed by atoms with Crippen LogP contribution in [0.5, 0.6) is 0 Å². The zero-order chi connectivity index (χ0) is 56.4. The molecular formula is C72H140O6. The SMILES string of the molecule is CCCCCCCCCCCCCCCCCCCCCCCCCCCCCCCC(=O)OCC(COC(=O)CCCCCCCC)OC(=O)CCCCCCCCCCCCCCCCCCCCCCCCCCC. The van der Waals surface area contributed by atoms with E-state index in [-0.39, 0.29) is 31.1 Å². The standard InChI is InChI=1S/C72H140O6/c1-4-7-10-13-16-18-20-22-24-26-28-30-32-34-35-36-37-39-40-42-44-46-48-50-52-54-56-59-62-65-71(74)77-68-69(67-76-70(73)64-61-58-15-12-9-6-3)78-72(75)66-63-60-57-55-53-51-49-47-45-43-41-38-33-31-29-27-25-23-21-19-17-14-11-8-5-2/h69H,4-68H2,1-3H3. The summed E-state index contributed by atoms with van der Waals surface area (Å²) in [5, 5.41) is 0. The van der Waals surface area contributed by atoms with E-state index in [1.807, 2.05) is 0 Å². The highest BCUT2D eigenvalue weighted by Crippen LogP contribution is 2.20. The minimum absolute atomic E-state index is 0.0616. The summed E-state index contributed by atoms with van der Waals surface area (Å²) in [6, 6.07) is 0. The lowest BCUT2D eigenvalue weighted by Gasteiger charge is -2.18. The van der Waals surface area contributed by atoms with Gasteiger partial charge in [-0.2, -0.15) is 0 Å². The topological polar surface area (TPSA) is 78.9 Å². The van der Waals surface area contributed by atoms with Gasteiger partial charge in [0, 0.05) is 19.3 Å². The molecule has 464 valence electrons. The highest BCUT2D eigenvalue weighted by molar-refractivity contribution is 5.71. The molecule has 0 N–H and O–H groups in total. The van der Waals surface area contributed by atoms with Crippen LogP contribution in [0.15, 0.2) is 0 Å². The number of hydrogen-bond donors (Lipinski definition) is 0. The molecule has 0 aromatic carbocycles. The summed E-state index contributed by atoms with van der Waals surface area (Å²) >= 11 is 0. The highest BCUT2D eigenvalue weighted by Gasteiger charge is 2.19. The van der Waals surface area contributed by atoms with Gasteiger partial charge in [0.2, 0.25) is 0 Å². The molecule has 0 amide bonds. The van der Waals surface area contributed by atoms with Gasteiger partial charge < -0.3 is 14.2 Å². The maximum absolute atomic E-state index is 12.9. The van der Waals surface area contributed by atoms with Gasteiger partial charge >= 0.3 is 17.9 Å². The number of carbonyl (C=O) groups excluding carboxylic acids is 3. The van der Waals surface area contributed by atoms with Crippen molar-refractivity contribution in [2.24, 2.45) is 0 Å². The van der Waals surface area contributed by atoms with E-state index in [4.69, 9.17) is 14.2 Å². The Kier molecular flexibility index (Phi) is 66.5. The molecule has 78 heavy (non-hydrogen) atoms. The molecule has 0 bridgehead atoms. The van der Waals surface area contributed by atoms with Crippen LogP contribution in [0.1, 0.15) is 425 Å². The third kappa shape index (κ3) is 65.2. The van der Waals surface area contributed by atoms with Gasteiger partial charge in [0.05, 0.1) is 0 Å². The van der Waals surface area contributed by atoms with Gasteiger partial charge in [-0.05, 0) is 19.3 Å². The number of carbonyl (C=O) groups is 3. The van der Waals surface area contributed by atoms with Crippen LogP contribution in [0.25, 0.3) is 0 Å². The lowest BCUT2D eigenvalue weighted by molar-refractivity contribution is -0.167. The van der Waals surface area contributed by atoms with Crippen LogP contribution in [0.4, 0.5) is 0 Å². The molecule has 0 saturated carbocycles. The molecule has 0 radical (unpaired) electrons. The van der Waals surface area contributed by atoms with Crippen LogP contribution < -0.4 is 0 Å². The Morgan fingerprint density at radius 2 is 0.346 bits per heavy atom. The monoisotopic (exact) mass is 1100 g/mol. The minimum atomic E-state index is -0.761. The predicted molar refractivity (Wildman–Crippen MR) is 340 cm³/mol. The molecule has 0 aromatic rings. The number of rotatable bonds is 68. The molecule has 0 saturated heterocycles. The van der Waals surface area contributed by atoms with E-state index in [1.54, 1.807) is 0 Å². The molecule has 0 heterocycles. The third-order valence-corrected chi connectivity index (χ3v) is 16.9. The second kappa shape index (κ2) is 67.9. The minimum Gasteiger partial charge on any atom is -0.462 e. The van der Waals surface area contributed by atoms with Crippen molar-refractivity contribution < 1.29 is 28.6 Å². The summed E-state index contributed by atoms with van der Waals surface area (Å²) in [6.45, 7) is 6.68. The maximum atomic E-state index is 12.9. The van der Waals surface area contributed by atoms with E-state index in [1.165, 1.54) is 327 Å². The first-order valence-electron chi connectivity index (χ1n) is 36.0. The van der Waals surface area contributed by atoms with Crippen molar-refractivity contribution in [1.82, 2.24) is 0 Å². The van der Waals surface area contributed by atoms with Crippen molar-refractivity contribution in [3.8, 4) is 0 Å². The number of ether oxygens (including phenoxy) is 3. The van der Waals surface area contributed by atoms with Gasteiger partial charge in [-0.25, -0.2) is 0 Å². The third-order valence-electron chi connectivity index (χ3n) is 16.9. The first kappa shape index (κ1) is 76.4. The average Bonchev–Trinajstić information content (AvgIpc) is 3.44. The fourth-order valence-corrected chi connectivity index (χ4v) is 11.5. The van der Waals surface area contributed by atoms with Crippen LogP contribution >= 0.6 is 0 Å². The first-order chi connectivity index (χ1) is 38.5. The Balaban J connectivity index is 3.93. The molecule has 1 unspecified atom stereocenters. The quantitative estimate of drug-likeness (QED) is 0.0343. The van der Waals surface area contributed by atoms with Gasteiger partial charge in [-0.3, -0.25) is 14.4 Å². The van der Waals surface area contributed by atoms with Gasteiger partial charge in [-0.15, -0.1) is 0 Å². The smallest absolute Gasteiger partial charge is 0.306 e. The van der Waals surface area contributed by atoms with Crippen molar-refractivity contribution >= 4 is 17.9 Å². The van der Waals surface area contributed by atoms with Crippen molar-refractivity contribution in [1.29, 1.82) is 0 Å². The first-order valence-corrected chi connectivity index (χ1v) is 36.0. The Labute approximate surface area is 488 Å². The highest BCUT2D eigenvalue weighted by atomic mass is 16.6. The summed E-state index contributed by atoms with van der Waals surface area (Å²) < 4.78 is 16.9. The molecule has 6 heteroatoms. The van der Waals surface area contributed by atoms with E-state index in [9.17, 15) is 14.4 Å². The summed E-state index contributed by atoms with van der Waals surface area (Å²) in [5.41, 5.74) is 0. The van der Waals surface area contributed by atoms with Gasteiger partial charge in [0.1, 0.15) is 13.2 Å². The fourth-order valence-electron chi connectivity index (χ4n) is 11.5. The average molecular weight is 1100 g/mol. The van der Waals surface area contributed by atoms with Crippen molar-refractivity contribution in [2.75, 3.05) is 13.2 Å². The molecule has 0 aliphatic carbocycles. The number of unbranched alkanes of at least 4 members (excludes halogenated alkanes) is 57. The summed E-state index contributed by atoms with van der Waals surface area (Å²) in [7, 11) is 0. The van der Waals surface area contributed by atoms with Crippen molar-refractivity contribution in [2.45, 2.75) is 431 Å². The molecule has 6 nitrogen and oxygen atoms in total. The van der Waals surface area contributed by atoms with E-state index < -0.39 is 6.10 Å². The van der Waals surface area contributed by atoms with Crippen LogP contribution in [0.2, 0.25) is 0 Å². The summed E-state index contributed by atoms with van der Waals surface area (Å²) in [4.78, 5) is 38.1. The van der Waals surface area contributed by atoms with Crippen LogP contribution in [0, 0.1) is 0 Å². The molecule has 0 rings (SSSR count).